The van der Waals surface area contributed by atoms with Crippen molar-refractivity contribution in [3.8, 4) is 0 Å². The van der Waals surface area contributed by atoms with Crippen LogP contribution in [0.15, 0.2) is 0 Å². The second-order valence-electron chi connectivity index (χ2n) is 4.30. The Kier molecular flexibility index (Phi) is 4.40. The molecule has 2 heterocycles. The van der Waals surface area contributed by atoms with Gasteiger partial charge in [0.2, 0.25) is 0 Å². The Bertz CT molecular complexity index is 500. The van der Waals surface area contributed by atoms with Gasteiger partial charge in [-0.3, -0.25) is 4.90 Å². The van der Waals surface area contributed by atoms with Gasteiger partial charge in [-0.15, -0.1) is 0 Å². The van der Waals surface area contributed by atoms with Gasteiger partial charge >= 0.3 is 12.1 Å². The average molecular weight is 330 g/mol. The van der Waals surface area contributed by atoms with Gasteiger partial charge in [-0.05, 0) is 0 Å². The van der Waals surface area contributed by atoms with E-state index in [1.807, 2.05) is 0 Å². The molecular formula is C10H11ClF3N3O2S. The van der Waals surface area contributed by atoms with E-state index in [9.17, 15) is 18.0 Å². The third kappa shape index (κ3) is 3.74. The van der Waals surface area contributed by atoms with E-state index in [1.54, 1.807) is 4.90 Å². The van der Waals surface area contributed by atoms with E-state index >= 15 is 0 Å². The number of thiazole rings is 1. The first kappa shape index (κ1) is 15.3. The third-order valence-corrected chi connectivity index (χ3v) is 4.30. The highest BCUT2D eigenvalue weighted by Crippen LogP contribution is 2.30. The zero-order chi connectivity index (χ0) is 14.9. The molecule has 0 aromatic carbocycles. The fraction of sp³-hybridized carbons (Fsp3) is 0.600. The highest BCUT2D eigenvalue weighted by atomic mass is 35.5. The molecule has 0 aliphatic carbocycles. The Morgan fingerprint density at radius 2 is 1.95 bits per heavy atom. The lowest BCUT2D eigenvalue weighted by atomic mass is 10.3. The minimum Gasteiger partial charge on any atom is -0.477 e. The van der Waals surface area contributed by atoms with E-state index in [1.165, 1.54) is 4.90 Å². The van der Waals surface area contributed by atoms with E-state index < -0.39 is 18.7 Å². The minimum absolute atomic E-state index is 0.0561. The number of aromatic nitrogens is 1. The lowest BCUT2D eigenvalue weighted by Gasteiger charge is -2.34. The zero-order valence-corrected chi connectivity index (χ0v) is 11.7. The summed E-state index contributed by atoms with van der Waals surface area (Å²) in [6, 6.07) is 0. The Morgan fingerprint density at radius 1 is 1.35 bits per heavy atom. The molecule has 1 aliphatic rings. The van der Waals surface area contributed by atoms with Gasteiger partial charge in [0, 0.05) is 26.2 Å². The predicted octanol–water partition coefficient (Wildman–Crippen LogP) is 2.18. The number of halogens is 4. The zero-order valence-electron chi connectivity index (χ0n) is 10.2. The number of aromatic carboxylic acids is 1. The van der Waals surface area contributed by atoms with Gasteiger partial charge in [0.05, 0.1) is 6.54 Å². The Labute approximate surface area is 121 Å². The summed E-state index contributed by atoms with van der Waals surface area (Å²) in [6.45, 7) is 0.288. The molecule has 0 radical (unpaired) electrons. The summed E-state index contributed by atoms with van der Waals surface area (Å²) in [4.78, 5) is 17.8. The average Bonchev–Trinajstić information content (AvgIpc) is 2.70. The van der Waals surface area contributed by atoms with Crippen LogP contribution in [0.4, 0.5) is 18.3 Å². The maximum Gasteiger partial charge on any atom is 0.401 e. The standard InChI is InChI=1S/C10H11ClF3N3O2S/c11-7-6(8(18)19)20-9(15-7)17-3-1-16(2-4-17)5-10(12,13)14/h1-5H2,(H,18,19). The minimum atomic E-state index is -4.21. The van der Waals surface area contributed by atoms with Crippen LogP contribution in [0.1, 0.15) is 9.67 Å². The summed E-state index contributed by atoms with van der Waals surface area (Å²) in [5.41, 5.74) is 0. The van der Waals surface area contributed by atoms with Gasteiger partial charge < -0.3 is 10.0 Å². The van der Waals surface area contributed by atoms with Crippen molar-refractivity contribution in [1.82, 2.24) is 9.88 Å². The summed E-state index contributed by atoms with van der Waals surface area (Å²) in [5, 5.41) is 9.22. The van der Waals surface area contributed by atoms with Gasteiger partial charge in [-0.1, -0.05) is 22.9 Å². The number of carboxylic acids is 1. The summed E-state index contributed by atoms with van der Waals surface area (Å²) in [7, 11) is 0. The van der Waals surface area contributed by atoms with Crippen molar-refractivity contribution in [1.29, 1.82) is 0 Å². The number of rotatable bonds is 3. The fourth-order valence-electron chi connectivity index (χ4n) is 1.91. The van der Waals surface area contributed by atoms with Crippen LogP contribution >= 0.6 is 22.9 Å². The van der Waals surface area contributed by atoms with Crippen LogP contribution in [0.2, 0.25) is 5.15 Å². The quantitative estimate of drug-likeness (QED) is 0.921. The van der Waals surface area contributed by atoms with Crippen LogP contribution in [0, 0.1) is 0 Å². The molecule has 1 aromatic rings. The predicted molar refractivity (Wildman–Crippen MR) is 68.8 cm³/mol. The fourth-order valence-corrected chi connectivity index (χ4v) is 3.08. The summed E-state index contributed by atoms with van der Waals surface area (Å²) in [5.74, 6) is -1.16. The number of carboxylic acid groups (broad SMARTS) is 1. The number of carbonyl (C=O) groups is 1. The Hall–Kier alpha value is -1.06. The lowest BCUT2D eigenvalue weighted by Crippen LogP contribution is -2.49. The molecule has 1 fully saturated rings. The molecule has 0 unspecified atom stereocenters. The van der Waals surface area contributed by atoms with Crippen molar-refractivity contribution in [2.75, 3.05) is 37.6 Å². The number of hydrogen-bond donors (Lipinski definition) is 1. The molecule has 0 bridgehead atoms. The number of anilines is 1. The molecule has 1 aromatic heterocycles. The highest BCUT2D eigenvalue weighted by molar-refractivity contribution is 7.18. The normalized spacial score (nSPS) is 17.5. The molecule has 10 heteroatoms. The molecule has 20 heavy (non-hydrogen) atoms. The first-order valence-electron chi connectivity index (χ1n) is 5.70. The van der Waals surface area contributed by atoms with Crippen molar-refractivity contribution >= 4 is 34.0 Å². The maximum atomic E-state index is 12.3. The molecule has 0 atom stereocenters. The van der Waals surface area contributed by atoms with E-state index in [2.05, 4.69) is 4.98 Å². The molecule has 1 N–H and O–H groups in total. The summed E-state index contributed by atoms with van der Waals surface area (Å²) < 4.78 is 36.8. The first-order chi connectivity index (χ1) is 9.26. The third-order valence-electron chi connectivity index (χ3n) is 2.81. The highest BCUT2D eigenvalue weighted by Gasteiger charge is 2.32. The van der Waals surface area contributed by atoms with Gasteiger partial charge in [0.15, 0.2) is 15.2 Å². The van der Waals surface area contributed by atoms with Crippen molar-refractivity contribution < 1.29 is 23.1 Å². The molecule has 0 spiro atoms. The molecule has 5 nitrogen and oxygen atoms in total. The van der Waals surface area contributed by atoms with Crippen LogP contribution in [-0.4, -0.2) is 59.9 Å². The van der Waals surface area contributed by atoms with E-state index in [-0.39, 0.29) is 23.1 Å². The summed E-state index contributed by atoms with van der Waals surface area (Å²) in [6.07, 6.45) is -4.21. The van der Waals surface area contributed by atoms with Gasteiger partial charge in [0.25, 0.3) is 0 Å². The largest absolute Gasteiger partial charge is 0.477 e. The topological polar surface area (TPSA) is 56.7 Å². The number of piperazine rings is 1. The second kappa shape index (κ2) is 5.74. The number of nitrogens with zero attached hydrogens (tertiary/aromatic N) is 3. The molecule has 1 saturated heterocycles. The maximum absolute atomic E-state index is 12.3. The lowest BCUT2D eigenvalue weighted by molar-refractivity contribution is -0.146. The van der Waals surface area contributed by atoms with Crippen molar-refractivity contribution in [3.63, 3.8) is 0 Å². The van der Waals surface area contributed by atoms with Gasteiger partial charge in [-0.2, -0.15) is 13.2 Å². The molecule has 0 saturated carbocycles. The van der Waals surface area contributed by atoms with E-state index in [0.717, 1.165) is 11.3 Å². The van der Waals surface area contributed by atoms with E-state index in [0.29, 0.717) is 18.2 Å². The number of hydrogen-bond acceptors (Lipinski definition) is 5. The Balaban J connectivity index is 1.97. The smallest absolute Gasteiger partial charge is 0.401 e. The molecule has 112 valence electrons. The van der Waals surface area contributed by atoms with Crippen molar-refractivity contribution in [2.45, 2.75) is 6.18 Å². The van der Waals surface area contributed by atoms with Crippen LogP contribution in [0.25, 0.3) is 0 Å². The molecule has 2 rings (SSSR count). The SMILES string of the molecule is O=C(O)c1sc(N2CCN(CC(F)(F)F)CC2)nc1Cl. The van der Waals surface area contributed by atoms with Crippen LogP contribution in [0.3, 0.4) is 0 Å². The Morgan fingerprint density at radius 3 is 2.40 bits per heavy atom. The van der Waals surface area contributed by atoms with Crippen LogP contribution in [-0.2, 0) is 0 Å². The molecular weight excluding hydrogens is 319 g/mol. The van der Waals surface area contributed by atoms with Crippen molar-refractivity contribution in [3.05, 3.63) is 10.0 Å². The number of alkyl halides is 3. The molecule has 0 amide bonds. The van der Waals surface area contributed by atoms with Gasteiger partial charge in [-0.25, -0.2) is 9.78 Å². The molecule has 1 aliphatic heterocycles. The van der Waals surface area contributed by atoms with Crippen molar-refractivity contribution in [2.24, 2.45) is 0 Å². The van der Waals surface area contributed by atoms with Gasteiger partial charge in [0.1, 0.15) is 0 Å². The monoisotopic (exact) mass is 329 g/mol. The second-order valence-corrected chi connectivity index (χ2v) is 5.64. The van der Waals surface area contributed by atoms with Crippen LogP contribution < -0.4 is 4.90 Å². The van der Waals surface area contributed by atoms with Crippen LogP contribution in [0.5, 0.6) is 0 Å². The van der Waals surface area contributed by atoms with E-state index in [4.69, 9.17) is 16.7 Å². The first-order valence-corrected chi connectivity index (χ1v) is 6.89. The summed E-state index contributed by atoms with van der Waals surface area (Å²) >= 11 is 6.64.